The molecule has 2 aliphatic rings. The van der Waals surface area contributed by atoms with Crippen molar-refractivity contribution < 1.29 is 22.7 Å². The number of carbonyl (C=O) groups is 1. The maximum Gasteiger partial charge on any atom is 0.265 e. The van der Waals surface area contributed by atoms with E-state index in [0.29, 0.717) is 43.3 Å². The summed E-state index contributed by atoms with van der Waals surface area (Å²) in [6.45, 7) is 1.88. The Morgan fingerprint density at radius 2 is 1.68 bits per heavy atom. The quantitative estimate of drug-likeness (QED) is 0.777. The molecule has 2 heterocycles. The van der Waals surface area contributed by atoms with Crippen LogP contribution < -0.4 is 9.04 Å². The van der Waals surface area contributed by atoms with Gasteiger partial charge in [-0.1, -0.05) is 42.5 Å². The molecule has 148 valence electrons. The normalized spacial score (nSPS) is 19.6. The standard InChI is InChI=1S/C20H22N2O5S/c23-20(21-10-12-26-13-11-21)19-14-22(17-8-4-5-9-18(17)27-19)28(24,25)15-16-6-2-1-3-7-16/h1-9,19H,10-15H2. The number of nitrogens with zero attached hydrogens (tertiary/aromatic N) is 2. The minimum atomic E-state index is -3.69. The highest BCUT2D eigenvalue weighted by molar-refractivity contribution is 7.92. The van der Waals surface area contributed by atoms with Crippen molar-refractivity contribution in [2.45, 2.75) is 11.9 Å². The van der Waals surface area contributed by atoms with Crippen LogP contribution in [0.15, 0.2) is 54.6 Å². The number of morpholine rings is 1. The number of sulfonamides is 1. The molecule has 1 atom stereocenters. The largest absolute Gasteiger partial charge is 0.476 e. The summed E-state index contributed by atoms with van der Waals surface area (Å²) < 4.78 is 38.9. The molecule has 4 rings (SSSR count). The highest BCUT2D eigenvalue weighted by atomic mass is 32.2. The first-order chi connectivity index (χ1) is 13.5. The molecule has 28 heavy (non-hydrogen) atoms. The molecule has 0 saturated carbocycles. The van der Waals surface area contributed by atoms with Gasteiger partial charge in [-0.25, -0.2) is 8.42 Å². The average Bonchev–Trinajstić information content (AvgIpc) is 2.73. The maximum atomic E-state index is 13.2. The van der Waals surface area contributed by atoms with Gasteiger partial charge >= 0.3 is 0 Å². The topological polar surface area (TPSA) is 76.2 Å². The molecule has 1 amide bonds. The van der Waals surface area contributed by atoms with E-state index in [-0.39, 0.29) is 18.2 Å². The number of anilines is 1. The van der Waals surface area contributed by atoms with E-state index in [4.69, 9.17) is 9.47 Å². The second-order valence-corrected chi connectivity index (χ2v) is 8.68. The molecule has 2 aliphatic heterocycles. The molecule has 1 fully saturated rings. The Morgan fingerprint density at radius 1 is 1.00 bits per heavy atom. The molecule has 0 N–H and O–H groups in total. The van der Waals surface area contributed by atoms with Gasteiger partial charge in [0.25, 0.3) is 5.91 Å². The van der Waals surface area contributed by atoms with Crippen LogP contribution in [0.25, 0.3) is 0 Å². The van der Waals surface area contributed by atoms with Gasteiger partial charge in [-0.2, -0.15) is 0 Å². The maximum absolute atomic E-state index is 13.2. The SMILES string of the molecule is O=C(C1CN(S(=O)(=O)Cc2ccccc2)c2ccccc2O1)N1CCOCC1. The van der Waals surface area contributed by atoms with Gasteiger partial charge < -0.3 is 14.4 Å². The first kappa shape index (κ1) is 18.8. The third-order valence-electron chi connectivity index (χ3n) is 4.86. The van der Waals surface area contributed by atoms with Gasteiger partial charge in [-0.3, -0.25) is 9.10 Å². The van der Waals surface area contributed by atoms with Crippen LogP contribution in [0.3, 0.4) is 0 Å². The fourth-order valence-electron chi connectivity index (χ4n) is 3.44. The predicted molar refractivity (Wildman–Crippen MR) is 105 cm³/mol. The molecule has 2 aromatic carbocycles. The summed E-state index contributed by atoms with van der Waals surface area (Å²) in [6, 6.07) is 15.9. The minimum Gasteiger partial charge on any atom is -0.476 e. The summed E-state index contributed by atoms with van der Waals surface area (Å²) in [4.78, 5) is 14.6. The number of benzene rings is 2. The molecule has 7 nitrogen and oxygen atoms in total. The molecule has 1 unspecified atom stereocenters. The van der Waals surface area contributed by atoms with Crippen LogP contribution in [0.1, 0.15) is 5.56 Å². The van der Waals surface area contributed by atoms with E-state index in [0.717, 1.165) is 0 Å². The molecule has 8 heteroatoms. The van der Waals surface area contributed by atoms with Crippen molar-refractivity contribution in [1.29, 1.82) is 0 Å². The van der Waals surface area contributed by atoms with E-state index in [1.165, 1.54) is 4.31 Å². The second-order valence-electron chi connectivity index (χ2n) is 6.78. The molecule has 0 radical (unpaired) electrons. The Labute approximate surface area is 164 Å². The first-order valence-corrected chi connectivity index (χ1v) is 10.8. The minimum absolute atomic E-state index is 0.0393. The van der Waals surface area contributed by atoms with E-state index in [9.17, 15) is 13.2 Å². The summed E-state index contributed by atoms with van der Waals surface area (Å²) in [6.07, 6.45) is -0.876. The van der Waals surface area contributed by atoms with E-state index >= 15 is 0 Å². The van der Waals surface area contributed by atoms with E-state index in [1.807, 2.05) is 18.2 Å². The average molecular weight is 402 g/mol. The smallest absolute Gasteiger partial charge is 0.265 e. The Hall–Kier alpha value is -2.58. The molecular weight excluding hydrogens is 380 g/mol. The lowest BCUT2D eigenvalue weighted by Crippen LogP contribution is -2.54. The van der Waals surface area contributed by atoms with Gasteiger partial charge in [0.1, 0.15) is 5.75 Å². The van der Waals surface area contributed by atoms with Crippen molar-refractivity contribution in [1.82, 2.24) is 4.90 Å². The number of hydrogen-bond donors (Lipinski definition) is 0. The predicted octanol–water partition coefficient (Wildman–Crippen LogP) is 1.64. The van der Waals surface area contributed by atoms with Crippen molar-refractivity contribution in [2.75, 3.05) is 37.2 Å². The third-order valence-corrected chi connectivity index (χ3v) is 6.58. The van der Waals surface area contributed by atoms with Gasteiger partial charge in [0, 0.05) is 13.1 Å². The Morgan fingerprint density at radius 3 is 2.43 bits per heavy atom. The second kappa shape index (κ2) is 7.81. The van der Waals surface area contributed by atoms with Crippen molar-refractivity contribution in [3.8, 4) is 5.75 Å². The lowest BCUT2D eigenvalue weighted by molar-refractivity contribution is -0.142. The molecule has 0 spiro atoms. The highest BCUT2D eigenvalue weighted by Gasteiger charge is 2.38. The summed E-state index contributed by atoms with van der Waals surface area (Å²) >= 11 is 0. The molecule has 0 bridgehead atoms. The molecular formula is C20H22N2O5S. The fraction of sp³-hybridized carbons (Fsp3) is 0.350. The van der Waals surface area contributed by atoms with Gasteiger partial charge in [0.15, 0.2) is 6.10 Å². The van der Waals surface area contributed by atoms with E-state index < -0.39 is 16.1 Å². The van der Waals surface area contributed by atoms with Crippen LogP contribution in [-0.4, -0.2) is 58.2 Å². The van der Waals surface area contributed by atoms with Crippen molar-refractivity contribution >= 4 is 21.6 Å². The van der Waals surface area contributed by atoms with Crippen LogP contribution in [0, 0.1) is 0 Å². The zero-order valence-electron chi connectivity index (χ0n) is 15.4. The van der Waals surface area contributed by atoms with Gasteiger partial charge in [-0.15, -0.1) is 0 Å². The van der Waals surface area contributed by atoms with Crippen LogP contribution in [0.4, 0.5) is 5.69 Å². The summed E-state index contributed by atoms with van der Waals surface area (Å²) in [5.41, 5.74) is 1.16. The highest BCUT2D eigenvalue weighted by Crippen LogP contribution is 2.36. The van der Waals surface area contributed by atoms with E-state index in [1.54, 1.807) is 41.3 Å². The third kappa shape index (κ3) is 3.83. The monoisotopic (exact) mass is 402 g/mol. The van der Waals surface area contributed by atoms with Crippen LogP contribution in [0.2, 0.25) is 0 Å². The number of fused-ring (bicyclic) bond motifs is 1. The lowest BCUT2D eigenvalue weighted by atomic mass is 10.2. The number of ether oxygens (including phenoxy) is 2. The number of amides is 1. The zero-order chi connectivity index (χ0) is 19.6. The van der Waals surface area contributed by atoms with Crippen molar-refractivity contribution in [3.63, 3.8) is 0 Å². The van der Waals surface area contributed by atoms with Crippen molar-refractivity contribution in [3.05, 3.63) is 60.2 Å². The van der Waals surface area contributed by atoms with Gasteiger partial charge in [0.2, 0.25) is 10.0 Å². The molecule has 2 aromatic rings. The van der Waals surface area contributed by atoms with E-state index in [2.05, 4.69) is 0 Å². The fourth-order valence-corrected chi connectivity index (χ4v) is 5.03. The first-order valence-electron chi connectivity index (χ1n) is 9.21. The Bertz CT molecular complexity index is 942. The van der Waals surface area contributed by atoms with Gasteiger partial charge in [0.05, 0.1) is 31.2 Å². The van der Waals surface area contributed by atoms with Crippen molar-refractivity contribution in [2.24, 2.45) is 0 Å². The number of rotatable bonds is 4. The summed E-state index contributed by atoms with van der Waals surface area (Å²) in [5, 5.41) is 0. The Kier molecular flexibility index (Phi) is 5.23. The number of carbonyl (C=O) groups excluding carboxylic acids is 1. The molecule has 1 saturated heterocycles. The zero-order valence-corrected chi connectivity index (χ0v) is 16.2. The van der Waals surface area contributed by atoms with Crippen LogP contribution in [-0.2, 0) is 25.3 Å². The molecule has 0 aromatic heterocycles. The number of para-hydroxylation sites is 2. The van der Waals surface area contributed by atoms with Gasteiger partial charge in [-0.05, 0) is 17.7 Å². The summed E-state index contributed by atoms with van der Waals surface area (Å²) in [5.74, 6) is 0.0513. The van der Waals surface area contributed by atoms with Crippen LogP contribution in [0.5, 0.6) is 5.75 Å². The lowest BCUT2D eigenvalue weighted by Gasteiger charge is -2.37. The summed E-state index contributed by atoms with van der Waals surface area (Å²) in [7, 11) is -3.69. The molecule has 0 aliphatic carbocycles. The number of hydrogen-bond acceptors (Lipinski definition) is 5. The Balaban J connectivity index is 1.62. The van der Waals surface area contributed by atoms with Crippen LogP contribution >= 0.6 is 0 Å².